The van der Waals surface area contributed by atoms with Crippen LogP contribution in [0.3, 0.4) is 0 Å². The van der Waals surface area contributed by atoms with Crippen molar-refractivity contribution in [1.29, 1.82) is 0 Å². The van der Waals surface area contributed by atoms with Crippen molar-refractivity contribution in [2.75, 3.05) is 19.7 Å². The van der Waals surface area contributed by atoms with Gasteiger partial charge in [0.15, 0.2) is 11.5 Å². The Bertz CT molecular complexity index is 954. The third-order valence-electron chi connectivity index (χ3n) is 5.61. The molecule has 3 rings (SSSR count). The van der Waals surface area contributed by atoms with Crippen molar-refractivity contribution in [3.05, 3.63) is 59.7 Å². The van der Waals surface area contributed by atoms with Crippen LogP contribution in [0.25, 0.3) is 0 Å². The number of para-hydroxylation sites is 2. The summed E-state index contributed by atoms with van der Waals surface area (Å²) >= 11 is 0. The van der Waals surface area contributed by atoms with Gasteiger partial charge in [0.25, 0.3) is 5.91 Å². The number of amides is 2. The van der Waals surface area contributed by atoms with Crippen molar-refractivity contribution in [3.63, 3.8) is 0 Å². The van der Waals surface area contributed by atoms with Crippen LogP contribution in [0.5, 0.6) is 11.5 Å². The molecule has 0 aromatic heterocycles. The molecule has 1 aliphatic rings. The molecule has 0 radical (unpaired) electrons. The molecule has 6 nitrogen and oxygen atoms in total. The molecule has 1 aliphatic heterocycles. The molecule has 1 fully saturated rings. The van der Waals surface area contributed by atoms with E-state index >= 15 is 0 Å². The van der Waals surface area contributed by atoms with Crippen LogP contribution in [0.1, 0.15) is 44.0 Å². The number of hydrogen-bond donors (Lipinski definition) is 1. The van der Waals surface area contributed by atoms with Crippen molar-refractivity contribution >= 4 is 11.8 Å². The smallest absolute Gasteiger partial charge is 0.257 e. The van der Waals surface area contributed by atoms with Crippen LogP contribution in [-0.2, 0) is 4.79 Å². The zero-order valence-electron chi connectivity index (χ0n) is 19.1. The molecule has 2 aromatic carbocycles. The van der Waals surface area contributed by atoms with Crippen LogP contribution in [0, 0.1) is 17.6 Å². The van der Waals surface area contributed by atoms with Gasteiger partial charge >= 0.3 is 0 Å². The fourth-order valence-corrected chi connectivity index (χ4v) is 3.83. The highest BCUT2D eigenvalue weighted by Gasteiger charge is 2.33. The molecule has 0 unspecified atom stereocenters. The standard InChI is InChI=1S/C25H30F2N2O4/c1-4-32-20-10-5-6-11-21(20)33-17-12-14-29(15-13-17)25(31)23(16(2)3)28-24(30)22-18(26)8-7-9-19(22)27/h5-11,16-17,23H,4,12-15H2,1-3H3,(H,28,30)/t23-/m0/s1. The Balaban J connectivity index is 1.61. The van der Waals surface area contributed by atoms with Gasteiger partial charge in [0.05, 0.1) is 6.61 Å². The molecule has 0 aliphatic carbocycles. The second-order valence-corrected chi connectivity index (χ2v) is 8.31. The lowest BCUT2D eigenvalue weighted by Crippen LogP contribution is -2.53. The number of halogens is 2. The van der Waals surface area contributed by atoms with E-state index in [1.54, 1.807) is 18.7 Å². The molecular formula is C25H30F2N2O4. The lowest BCUT2D eigenvalue weighted by atomic mass is 9.99. The predicted octanol–water partition coefficient (Wildman–Crippen LogP) is 4.19. The summed E-state index contributed by atoms with van der Waals surface area (Å²) < 4.78 is 39.7. The normalized spacial score (nSPS) is 15.3. The van der Waals surface area contributed by atoms with Crippen LogP contribution in [-0.4, -0.2) is 48.6 Å². The van der Waals surface area contributed by atoms with Gasteiger partial charge in [0.2, 0.25) is 5.91 Å². The molecule has 33 heavy (non-hydrogen) atoms. The van der Waals surface area contributed by atoms with Crippen molar-refractivity contribution in [3.8, 4) is 11.5 Å². The van der Waals surface area contributed by atoms with E-state index in [1.807, 2.05) is 31.2 Å². The Kier molecular flexibility index (Phi) is 8.25. The largest absolute Gasteiger partial charge is 0.490 e. The predicted molar refractivity (Wildman–Crippen MR) is 120 cm³/mol. The van der Waals surface area contributed by atoms with Gasteiger partial charge in [-0.3, -0.25) is 9.59 Å². The van der Waals surface area contributed by atoms with Gasteiger partial charge in [-0.1, -0.05) is 32.0 Å². The first-order valence-corrected chi connectivity index (χ1v) is 11.2. The Morgan fingerprint density at radius 1 is 1.03 bits per heavy atom. The first-order valence-electron chi connectivity index (χ1n) is 11.2. The summed E-state index contributed by atoms with van der Waals surface area (Å²) in [5, 5.41) is 2.53. The summed E-state index contributed by atoms with van der Waals surface area (Å²) in [6.07, 6.45) is 1.16. The van der Waals surface area contributed by atoms with Crippen LogP contribution in [0.2, 0.25) is 0 Å². The van der Waals surface area contributed by atoms with Gasteiger partial charge in [-0.05, 0) is 37.1 Å². The SMILES string of the molecule is CCOc1ccccc1OC1CCN(C(=O)[C@@H](NC(=O)c2c(F)cccc2F)C(C)C)CC1. The minimum Gasteiger partial charge on any atom is -0.490 e. The van der Waals surface area contributed by atoms with E-state index in [-0.39, 0.29) is 17.9 Å². The van der Waals surface area contributed by atoms with Crippen LogP contribution in [0.15, 0.2) is 42.5 Å². The van der Waals surface area contributed by atoms with Gasteiger partial charge in [-0.25, -0.2) is 8.78 Å². The molecule has 2 amide bonds. The molecule has 0 spiro atoms. The van der Waals surface area contributed by atoms with E-state index in [2.05, 4.69) is 5.32 Å². The minimum absolute atomic E-state index is 0.0738. The highest BCUT2D eigenvalue weighted by atomic mass is 19.1. The number of carbonyl (C=O) groups excluding carboxylic acids is 2. The van der Waals surface area contributed by atoms with Gasteiger partial charge in [0.1, 0.15) is 29.3 Å². The number of benzene rings is 2. The lowest BCUT2D eigenvalue weighted by molar-refractivity contribution is -0.136. The van der Waals surface area contributed by atoms with Gasteiger partial charge in [-0.2, -0.15) is 0 Å². The third kappa shape index (κ3) is 6.00. The lowest BCUT2D eigenvalue weighted by Gasteiger charge is -2.35. The van der Waals surface area contributed by atoms with E-state index in [4.69, 9.17) is 9.47 Å². The van der Waals surface area contributed by atoms with Crippen molar-refractivity contribution < 1.29 is 27.8 Å². The average molecular weight is 461 g/mol. The molecule has 1 heterocycles. The maximum absolute atomic E-state index is 14.0. The third-order valence-corrected chi connectivity index (χ3v) is 5.61. The number of likely N-dealkylation sites (tertiary alicyclic amines) is 1. The minimum atomic E-state index is -0.965. The number of nitrogens with zero attached hydrogens (tertiary/aromatic N) is 1. The van der Waals surface area contributed by atoms with E-state index in [9.17, 15) is 18.4 Å². The molecule has 0 saturated carbocycles. The van der Waals surface area contributed by atoms with Crippen LogP contribution < -0.4 is 14.8 Å². The monoisotopic (exact) mass is 460 g/mol. The van der Waals surface area contributed by atoms with Gasteiger partial charge in [-0.15, -0.1) is 0 Å². The Labute approximate surface area is 192 Å². The number of carbonyl (C=O) groups is 2. The first kappa shape index (κ1) is 24.5. The number of rotatable bonds is 8. The number of ether oxygens (including phenoxy) is 2. The van der Waals surface area contributed by atoms with Crippen LogP contribution in [0.4, 0.5) is 8.78 Å². The molecule has 1 atom stereocenters. The van der Waals surface area contributed by atoms with Crippen molar-refractivity contribution in [2.24, 2.45) is 5.92 Å². The van der Waals surface area contributed by atoms with Gasteiger partial charge < -0.3 is 19.7 Å². The molecule has 1 saturated heterocycles. The summed E-state index contributed by atoms with van der Waals surface area (Å²) in [5.41, 5.74) is -0.684. The number of piperidine rings is 1. The van der Waals surface area contributed by atoms with Gasteiger partial charge in [0, 0.05) is 25.9 Å². The highest BCUT2D eigenvalue weighted by Crippen LogP contribution is 2.29. The molecule has 0 bridgehead atoms. The van der Waals surface area contributed by atoms with Crippen molar-refractivity contribution in [1.82, 2.24) is 10.2 Å². The molecule has 8 heteroatoms. The maximum Gasteiger partial charge on any atom is 0.257 e. The quantitative estimate of drug-likeness (QED) is 0.642. The van der Waals surface area contributed by atoms with E-state index < -0.39 is 29.1 Å². The average Bonchev–Trinajstić information content (AvgIpc) is 2.79. The summed E-state index contributed by atoms with van der Waals surface area (Å²) in [7, 11) is 0. The Morgan fingerprint density at radius 3 is 2.21 bits per heavy atom. The molecular weight excluding hydrogens is 430 g/mol. The molecule has 1 N–H and O–H groups in total. The maximum atomic E-state index is 14.0. The Morgan fingerprint density at radius 2 is 1.64 bits per heavy atom. The highest BCUT2D eigenvalue weighted by molar-refractivity contribution is 5.98. The molecule has 178 valence electrons. The zero-order chi connectivity index (χ0) is 24.0. The number of hydrogen-bond acceptors (Lipinski definition) is 4. The second kappa shape index (κ2) is 11.1. The summed E-state index contributed by atoms with van der Waals surface area (Å²) in [6, 6.07) is 9.79. The fourth-order valence-electron chi connectivity index (χ4n) is 3.83. The topological polar surface area (TPSA) is 67.9 Å². The number of nitrogens with one attached hydrogen (secondary N) is 1. The summed E-state index contributed by atoms with van der Waals surface area (Å²) in [4.78, 5) is 27.3. The molecule has 2 aromatic rings. The second-order valence-electron chi connectivity index (χ2n) is 8.31. The van der Waals surface area contributed by atoms with Crippen molar-refractivity contribution in [2.45, 2.75) is 45.8 Å². The summed E-state index contributed by atoms with van der Waals surface area (Å²) in [5.74, 6) is -2.06. The Hall–Kier alpha value is -3.16. The zero-order valence-corrected chi connectivity index (χ0v) is 19.1. The first-order chi connectivity index (χ1) is 15.8. The van der Waals surface area contributed by atoms with Crippen LogP contribution >= 0.6 is 0 Å². The fraction of sp³-hybridized carbons (Fsp3) is 0.440. The van der Waals surface area contributed by atoms with E-state index in [0.29, 0.717) is 44.0 Å². The van der Waals surface area contributed by atoms with E-state index in [0.717, 1.165) is 12.1 Å². The summed E-state index contributed by atoms with van der Waals surface area (Å²) in [6.45, 7) is 6.90. The van der Waals surface area contributed by atoms with E-state index in [1.165, 1.54) is 6.07 Å².